The third kappa shape index (κ3) is 4.95. The molecule has 0 unspecified atom stereocenters. The quantitative estimate of drug-likeness (QED) is 0.295. The number of nitrogens with zero attached hydrogens (tertiary/aromatic N) is 4. The second kappa shape index (κ2) is 10.0. The number of hydrogen-bond donors (Lipinski definition) is 2. The molecule has 0 saturated heterocycles. The minimum Gasteiger partial charge on any atom is -0.320 e. The maximum Gasteiger partial charge on any atom is 0.273 e. The number of benzene rings is 2. The molecule has 8 heteroatoms. The lowest BCUT2D eigenvalue weighted by atomic mass is 9.99. The number of aromatic nitrogens is 5. The van der Waals surface area contributed by atoms with Crippen LogP contribution in [0.25, 0.3) is 23.1 Å². The summed E-state index contributed by atoms with van der Waals surface area (Å²) in [6.07, 6.45) is 5.53. The highest BCUT2D eigenvalue weighted by atomic mass is 16.2. The summed E-state index contributed by atoms with van der Waals surface area (Å²) >= 11 is 0. The number of H-pyrrole nitrogens is 1. The SMILES string of the molecule is CCn1nc(C)cc1C(=O)Nc1cc(C(=O)c2ccc3c(/C=C/c4ccccn4)n[nH]c3c2)ccc1C. The van der Waals surface area contributed by atoms with Gasteiger partial charge in [0, 0.05) is 34.9 Å². The minimum absolute atomic E-state index is 0.146. The van der Waals surface area contributed by atoms with Gasteiger partial charge in [-0.05, 0) is 74.9 Å². The summed E-state index contributed by atoms with van der Waals surface area (Å²) in [7, 11) is 0. The highest BCUT2D eigenvalue weighted by Gasteiger charge is 2.17. The summed E-state index contributed by atoms with van der Waals surface area (Å²) in [5.41, 5.74) is 6.07. The Morgan fingerprint density at radius 2 is 1.81 bits per heavy atom. The molecule has 0 radical (unpaired) electrons. The van der Waals surface area contributed by atoms with Crippen molar-refractivity contribution in [2.24, 2.45) is 0 Å². The van der Waals surface area contributed by atoms with Crippen LogP contribution >= 0.6 is 0 Å². The lowest BCUT2D eigenvalue weighted by molar-refractivity contribution is 0.101. The number of carbonyl (C=O) groups excluding carboxylic acids is 2. The number of aromatic amines is 1. The molecule has 0 fully saturated rings. The number of aryl methyl sites for hydroxylation is 3. The lowest BCUT2D eigenvalue weighted by Gasteiger charge is -2.11. The third-order valence-electron chi connectivity index (χ3n) is 6.14. The van der Waals surface area contributed by atoms with E-state index in [2.05, 4.69) is 25.6 Å². The maximum atomic E-state index is 13.3. The number of rotatable bonds is 7. The van der Waals surface area contributed by atoms with Gasteiger partial charge in [-0.15, -0.1) is 0 Å². The van der Waals surface area contributed by atoms with Gasteiger partial charge in [0.2, 0.25) is 0 Å². The van der Waals surface area contributed by atoms with Crippen molar-refractivity contribution in [3.05, 3.63) is 106 Å². The summed E-state index contributed by atoms with van der Waals surface area (Å²) in [4.78, 5) is 30.6. The zero-order chi connectivity index (χ0) is 25.9. The number of nitrogens with one attached hydrogen (secondary N) is 2. The minimum atomic E-state index is -0.264. The van der Waals surface area contributed by atoms with Gasteiger partial charge in [-0.1, -0.05) is 24.3 Å². The van der Waals surface area contributed by atoms with Gasteiger partial charge < -0.3 is 5.32 Å². The van der Waals surface area contributed by atoms with Crippen LogP contribution in [0.4, 0.5) is 5.69 Å². The number of amides is 1. The van der Waals surface area contributed by atoms with E-state index in [1.54, 1.807) is 41.2 Å². The Morgan fingerprint density at radius 3 is 2.59 bits per heavy atom. The smallest absolute Gasteiger partial charge is 0.273 e. The Labute approximate surface area is 214 Å². The number of pyridine rings is 1. The van der Waals surface area contributed by atoms with Crippen molar-refractivity contribution in [1.29, 1.82) is 0 Å². The fourth-order valence-electron chi connectivity index (χ4n) is 4.17. The van der Waals surface area contributed by atoms with Gasteiger partial charge in [-0.3, -0.25) is 24.4 Å². The van der Waals surface area contributed by atoms with Crippen molar-refractivity contribution < 1.29 is 9.59 Å². The first-order valence-electron chi connectivity index (χ1n) is 12.0. The molecule has 0 saturated carbocycles. The Morgan fingerprint density at radius 1 is 1.00 bits per heavy atom. The van der Waals surface area contributed by atoms with Crippen LogP contribution < -0.4 is 5.32 Å². The lowest BCUT2D eigenvalue weighted by Crippen LogP contribution is -2.18. The Kier molecular flexibility index (Phi) is 6.47. The molecule has 3 aromatic heterocycles. The topological polar surface area (TPSA) is 106 Å². The van der Waals surface area contributed by atoms with Gasteiger partial charge in [0.05, 0.1) is 22.6 Å². The van der Waals surface area contributed by atoms with Crippen LogP contribution in [0.2, 0.25) is 0 Å². The highest BCUT2D eigenvalue weighted by molar-refractivity contribution is 6.12. The first kappa shape index (κ1) is 23.9. The second-order valence-electron chi connectivity index (χ2n) is 8.76. The average Bonchev–Trinajstić information content (AvgIpc) is 3.51. The Bertz CT molecular complexity index is 1650. The molecular formula is C29H26N6O2. The van der Waals surface area contributed by atoms with Crippen LogP contribution in [-0.2, 0) is 6.54 Å². The first-order valence-corrected chi connectivity index (χ1v) is 12.0. The largest absolute Gasteiger partial charge is 0.320 e. The fourth-order valence-corrected chi connectivity index (χ4v) is 4.17. The van der Waals surface area contributed by atoms with Crippen molar-refractivity contribution in [3.63, 3.8) is 0 Å². The summed E-state index contributed by atoms with van der Waals surface area (Å²) in [6.45, 7) is 6.27. The monoisotopic (exact) mass is 490 g/mol. The molecule has 37 heavy (non-hydrogen) atoms. The van der Waals surface area contributed by atoms with Crippen LogP contribution in [0.3, 0.4) is 0 Å². The van der Waals surface area contributed by atoms with Crippen LogP contribution in [0.5, 0.6) is 0 Å². The number of hydrogen-bond acceptors (Lipinski definition) is 5. The van der Waals surface area contributed by atoms with Crippen LogP contribution in [0.15, 0.2) is 66.9 Å². The van der Waals surface area contributed by atoms with Gasteiger partial charge in [0.25, 0.3) is 5.91 Å². The summed E-state index contributed by atoms with van der Waals surface area (Å²) < 4.78 is 1.66. The fraction of sp³-hybridized carbons (Fsp3) is 0.138. The van der Waals surface area contributed by atoms with Crippen molar-refractivity contribution in [3.8, 4) is 0 Å². The van der Waals surface area contributed by atoms with Gasteiger partial charge >= 0.3 is 0 Å². The Balaban J connectivity index is 1.38. The van der Waals surface area contributed by atoms with E-state index >= 15 is 0 Å². The van der Waals surface area contributed by atoms with Crippen molar-refractivity contribution in [1.82, 2.24) is 25.0 Å². The third-order valence-corrected chi connectivity index (χ3v) is 6.14. The van der Waals surface area contributed by atoms with Crippen LogP contribution in [0, 0.1) is 13.8 Å². The van der Waals surface area contributed by atoms with E-state index in [9.17, 15) is 9.59 Å². The van der Waals surface area contributed by atoms with E-state index in [1.807, 2.05) is 63.3 Å². The van der Waals surface area contributed by atoms with E-state index in [0.717, 1.165) is 33.5 Å². The van der Waals surface area contributed by atoms with E-state index < -0.39 is 0 Å². The van der Waals surface area contributed by atoms with Gasteiger partial charge in [0.1, 0.15) is 5.69 Å². The maximum absolute atomic E-state index is 13.3. The number of carbonyl (C=O) groups is 2. The normalized spacial score (nSPS) is 11.3. The van der Waals surface area contributed by atoms with Crippen molar-refractivity contribution >= 4 is 40.4 Å². The molecule has 0 atom stereocenters. The molecule has 0 spiro atoms. The van der Waals surface area contributed by atoms with E-state index in [0.29, 0.717) is 29.1 Å². The van der Waals surface area contributed by atoms with E-state index in [-0.39, 0.29) is 11.7 Å². The van der Waals surface area contributed by atoms with Gasteiger partial charge in [-0.25, -0.2) is 0 Å². The zero-order valence-corrected chi connectivity index (χ0v) is 20.8. The predicted octanol–water partition coefficient (Wildman–Crippen LogP) is 5.44. The van der Waals surface area contributed by atoms with E-state index in [4.69, 9.17) is 0 Å². The molecule has 0 aliphatic rings. The molecule has 184 valence electrons. The number of anilines is 1. The molecule has 3 heterocycles. The molecule has 8 nitrogen and oxygen atoms in total. The van der Waals surface area contributed by atoms with Crippen molar-refractivity contribution in [2.75, 3.05) is 5.32 Å². The molecule has 1 amide bonds. The number of fused-ring (bicyclic) bond motifs is 1. The second-order valence-corrected chi connectivity index (χ2v) is 8.76. The molecule has 0 aliphatic heterocycles. The molecule has 2 aromatic carbocycles. The summed E-state index contributed by atoms with van der Waals surface area (Å²) in [5, 5.41) is 15.6. The van der Waals surface area contributed by atoms with Gasteiger partial charge in [0.15, 0.2) is 5.78 Å². The molecule has 0 aliphatic carbocycles. The summed E-state index contributed by atoms with van der Waals surface area (Å²) in [6, 6.07) is 18.3. The molecule has 0 bridgehead atoms. The molecule has 5 rings (SSSR count). The van der Waals surface area contributed by atoms with Gasteiger partial charge in [-0.2, -0.15) is 10.2 Å². The number of ketones is 1. The Hall–Kier alpha value is -4.85. The standard InChI is InChI=1S/C29H26N6O2/c1-4-35-27(15-19(3)34-35)29(37)31-25-16-20(9-8-18(25)2)28(36)21-10-12-23-24(32-33-26(23)17-21)13-11-22-7-5-6-14-30-22/h5-17H,4H2,1-3H3,(H,31,37)(H,32,33)/b13-11+. The van der Waals surface area contributed by atoms with Crippen molar-refractivity contribution in [2.45, 2.75) is 27.3 Å². The molecule has 2 N–H and O–H groups in total. The zero-order valence-electron chi connectivity index (χ0n) is 20.8. The highest BCUT2D eigenvalue weighted by Crippen LogP contribution is 2.24. The molecular weight excluding hydrogens is 464 g/mol. The molecule has 5 aromatic rings. The van der Waals surface area contributed by atoms with Crippen LogP contribution in [-0.4, -0.2) is 36.7 Å². The predicted molar refractivity (Wildman–Crippen MR) is 144 cm³/mol. The average molecular weight is 491 g/mol. The first-order chi connectivity index (χ1) is 17.9. The summed E-state index contributed by atoms with van der Waals surface area (Å²) in [5.74, 6) is -0.410. The van der Waals surface area contributed by atoms with E-state index in [1.165, 1.54) is 0 Å². The van der Waals surface area contributed by atoms with Crippen LogP contribution in [0.1, 0.15) is 56.0 Å².